The lowest BCUT2D eigenvalue weighted by Gasteiger charge is -2.31. The summed E-state index contributed by atoms with van der Waals surface area (Å²) in [5.74, 6) is 0.808. The first-order valence-electron chi connectivity index (χ1n) is 5.01. The van der Waals surface area contributed by atoms with Crippen molar-refractivity contribution in [1.29, 1.82) is 0 Å². The maximum atomic E-state index is 11.3. The topological polar surface area (TPSA) is 85.2 Å². The monoisotopic (exact) mass is 258 g/mol. The normalized spacial score (nSPS) is 21.1. The van der Waals surface area contributed by atoms with Crippen molar-refractivity contribution in [1.82, 2.24) is 4.37 Å². The van der Waals surface area contributed by atoms with E-state index in [4.69, 9.17) is 11.5 Å². The van der Waals surface area contributed by atoms with E-state index in [9.17, 15) is 4.79 Å². The van der Waals surface area contributed by atoms with E-state index in [1.807, 2.05) is 11.8 Å². The van der Waals surface area contributed by atoms with Gasteiger partial charge in [0.2, 0.25) is 0 Å². The van der Waals surface area contributed by atoms with Gasteiger partial charge in [0.25, 0.3) is 5.91 Å². The van der Waals surface area contributed by atoms with Crippen LogP contribution in [0.3, 0.4) is 0 Å². The summed E-state index contributed by atoms with van der Waals surface area (Å²) in [6.07, 6.45) is 0. The van der Waals surface area contributed by atoms with Crippen LogP contribution in [0.1, 0.15) is 17.3 Å². The number of nitrogens with zero attached hydrogens (tertiary/aromatic N) is 2. The second-order valence-electron chi connectivity index (χ2n) is 3.74. The molecular formula is C9H14N4OS2. The molecule has 1 aliphatic heterocycles. The van der Waals surface area contributed by atoms with E-state index in [-0.39, 0.29) is 5.82 Å². The average molecular weight is 258 g/mol. The van der Waals surface area contributed by atoms with Crippen LogP contribution < -0.4 is 16.4 Å². The fraction of sp³-hybridized carbons (Fsp3) is 0.556. The summed E-state index contributed by atoms with van der Waals surface area (Å²) in [6, 6.07) is 0. The molecule has 2 rings (SSSR count). The Bertz CT molecular complexity index is 406. The van der Waals surface area contributed by atoms with Crippen molar-refractivity contribution < 1.29 is 4.79 Å². The number of hydrogen-bond donors (Lipinski definition) is 2. The van der Waals surface area contributed by atoms with Gasteiger partial charge in [-0.25, -0.2) is 0 Å². The molecule has 16 heavy (non-hydrogen) atoms. The number of anilines is 2. The van der Waals surface area contributed by atoms with Crippen molar-refractivity contribution in [3.05, 3.63) is 5.56 Å². The second kappa shape index (κ2) is 4.50. The number of nitrogen functional groups attached to an aromatic ring is 1. The molecule has 1 saturated heterocycles. The minimum absolute atomic E-state index is 0.248. The highest BCUT2D eigenvalue weighted by Gasteiger charge is 2.25. The van der Waals surface area contributed by atoms with Crippen molar-refractivity contribution >= 4 is 40.0 Å². The molecule has 1 aromatic heterocycles. The first-order valence-corrected chi connectivity index (χ1v) is 6.83. The summed E-state index contributed by atoms with van der Waals surface area (Å²) in [7, 11) is 0. The van der Waals surface area contributed by atoms with Gasteiger partial charge in [-0.1, -0.05) is 6.92 Å². The molecule has 4 N–H and O–H groups in total. The summed E-state index contributed by atoms with van der Waals surface area (Å²) in [5.41, 5.74) is 11.3. The summed E-state index contributed by atoms with van der Waals surface area (Å²) >= 11 is 3.19. The van der Waals surface area contributed by atoms with Crippen molar-refractivity contribution in [2.24, 2.45) is 5.73 Å². The van der Waals surface area contributed by atoms with Gasteiger partial charge >= 0.3 is 0 Å². The number of amides is 1. The lowest BCUT2D eigenvalue weighted by atomic mass is 10.2. The standard InChI is InChI=1S/C9H14N4OS2/c1-5-4-13(2-3-15-5)9-6(8(11)14)7(10)12-16-9/h5H,2-4H2,1H3,(H2,10,12)(H2,11,14). The van der Waals surface area contributed by atoms with Crippen molar-refractivity contribution in [2.45, 2.75) is 12.2 Å². The quantitative estimate of drug-likeness (QED) is 0.818. The van der Waals surface area contributed by atoms with Gasteiger partial charge in [-0.05, 0) is 11.5 Å². The molecule has 0 aliphatic carbocycles. The number of carbonyl (C=O) groups is 1. The Morgan fingerprint density at radius 3 is 3.00 bits per heavy atom. The number of thioether (sulfide) groups is 1. The third kappa shape index (κ3) is 2.10. The molecule has 1 aromatic rings. The van der Waals surface area contributed by atoms with E-state index in [1.54, 1.807) is 0 Å². The minimum Gasteiger partial charge on any atom is -0.382 e. The second-order valence-corrected chi connectivity index (χ2v) is 6.04. The van der Waals surface area contributed by atoms with Crippen molar-refractivity contribution in [2.75, 3.05) is 29.5 Å². The number of primary amides is 1. The highest BCUT2D eigenvalue weighted by molar-refractivity contribution is 8.00. The van der Waals surface area contributed by atoms with E-state index in [1.165, 1.54) is 11.5 Å². The van der Waals surface area contributed by atoms with Gasteiger partial charge in [0, 0.05) is 24.1 Å². The molecule has 88 valence electrons. The van der Waals surface area contributed by atoms with Crippen LogP contribution in [0, 0.1) is 0 Å². The Balaban J connectivity index is 2.29. The van der Waals surface area contributed by atoms with Gasteiger partial charge in [0.1, 0.15) is 10.6 Å². The molecule has 5 nitrogen and oxygen atoms in total. The molecular weight excluding hydrogens is 244 g/mol. The molecule has 1 aliphatic rings. The predicted octanol–water partition coefficient (Wildman–Crippen LogP) is 0.766. The zero-order valence-corrected chi connectivity index (χ0v) is 10.6. The van der Waals surface area contributed by atoms with E-state index in [2.05, 4.69) is 16.2 Å². The Hall–Kier alpha value is -0.950. The molecule has 0 spiro atoms. The molecule has 0 radical (unpaired) electrons. The molecule has 1 atom stereocenters. The summed E-state index contributed by atoms with van der Waals surface area (Å²) < 4.78 is 4.01. The number of nitrogens with two attached hydrogens (primary N) is 2. The first-order chi connectivity index (χ1) is 7.59. The van der Waals surface area contributed by atoms with Crippen LogP contribution >= 0.6 is 23.3 Å². The Morgan fingerprint density at radius 1 is 1.62 bits per heavy atom. The van der Waals surface area contributed by atoms with Crippen molar-refractivity contribution in [3.63, 3.8) is 0 Å². The fourth-order valence-corrected chi connectivity index (χ4v) is 3.61. The molecule has 0 aromatic carbocycles. The predicted molar refractivity (Wildman–Crippen MR) is 69.2 cm³/mol. The zero-order chi connectivity index (χ0) is 11.7. The van der Waals surface area contributed by atoms with Crippen molar-refractivity contribution in [3.8, 4) is 0 Å². The SMILES string of the molecule is CC1CN(c2snc(N)c2C(N)=O)CCS1. The van der Waals surface area contributed by atoms with Gasteiger partial charge in [0.05, 0.1) is 0 Å². The van der Waals surface area contributed by atoms with Crippen LogP contribution in [0.2, 0.25) is 0 Å². The Morgan fingerprint density at radius 2 is 2.38 bits per heavy atom. The van der Waals surface area contributed by atoms with Crippen LogP contribution in [0.15, 0.2) is 0 Å². The summed E-state index contributed by atoms with van der Waals surface area (Å²) in [5, 5.41) is 1.37. The molecule has 0 saturated carbocycles. The number of aromatic nitrogens is 1. The molecule has 1 fully saturated rings. The lowest BCUT2D eigenvalue weighted by Crippen LogP contribution is -2.37. The number of rotatable bonds is 2. The van der Waals surface area contributed by atoms with E-state index >= 15 is 0 Å². The number of carbonyl (C=O) groups excluding carboxylic acids is 1. The van der Waals surface area contributed by atoms with Crippen LogP contribution in [-0.2, 0) is 0 Å². The minimum atomic E-state index is -0.493. The number of hydrogen-bond acceptors (Lipinski definition) is 6. The molecule has 1 unspecified atom stereocenters. The van der Waals surface area contributed by atoms with Gasteiger partial charge in [-0.3, -0.25) is 4.79 Å². The van der Waals surface area contributed by atoms with E-state index in [0.29, 0.717) is 10.8 Å². The van der Waals surface area contributed by atoms with Gasteiger partial charge in [-0.2, -0.15) is 16.1 Å². The van der Waals surface area contributed by atoms with Crippen LogP contribution in [0.4, 0.5) is 10.8 Å². The van der Waals surface area contributed by atoms with E-state index < -0.39 is 5.91 Å². The van der Waals surface area contributed by atoms with E-state index in [0.717, 1.165) is 23.8 Å². The summed E-state index contributed by atoms with van der Waals surface area (Å²) in [6.45, 7) is 3.99. The zero-order valence-electron chi connectivity index (χ0n) is 8.97. The maximum absolute atomic E-state index is 11.3. The third-order valence-electron chi connectivity index (χ3n) is 2.48. The third-order valence-corrected chi connectivity index (χ3v) is 4.53. The van der Waals surface area contributed by atoms with Crippen LogP contribution in [0.5, 0.6) is 0 Å². The van der Waals surface area contributed by atoms with Crippen LogP contribution in [0.25, 0.3) is 0 Å². The molecule has 7 heteroatoms. The molecule has 0 bridgehead atoms. The van der Waals surface area contributed by atoms with Gasteiger partial charge in [0.15, 0.2) is 5.82 Å². The summed E-state index contributed by atoms with van der Waals surface area (Å²) in [4.78, 5) is 13.5. The molecule has 2 heterocycles. The van der Waals surface area contributed by atoms with Crippen LogP contribution in [-0.4, -0.2) is 34.4 Å². The largest absolute Gasteiger partial charge is 0.382 e. The highest BCUT2D eigenvalue weighted by Crippen LogP contribution is 2.33. The smallest absolute Gasteiger partial charge is 0.255 e. The first kappa shape index (κ1) is 11.5. The Kier molecular flexibility index (Phi) is 3.25. The highest BCUT2D eigenvalue weighted by atomic mass is 32.2. The van der Waals surface area contributed by atoms with Gasteiger partial charge in [-0.15, -0.1) is 0 Å². The average Bonchev–Trinajstić information content (AvgIpc) is 2.60. The molecule has 1 amide bonds. The van der Waals surface area contributed by atoms with Gasteiger partial charge < -0.3 is 16.4 Å². The fourth-order valence-electron chi connectivity index (χ4n) is 1.74. The Labute approximate surface area is 102 Å². The maximum Gasteiger partial charge on any atom is 0.255 e. The lowest BCUT2D eigenvalue weighted by molar-refractivity contribution is 0.100.